The standard InChI is InChI=1S/C38H58FN3O9/c1-24(32(43)40(7)8)49-34(45)29(21-25-11-12-25)41(9)33(44)31(22-26-13-15-27(16-14-26)28-17-19-48-20-18-28)50-35(46)30(23-38(5,6)39)42(10)36(47)51-37(2,3)4/h13-16,24-25,28-31H,11-12,17-23H2,1-10H3/t24-,29+,30+,31-/m1/s1. The van der Waals surface area contributed by atoms with Crippen molar-refractivity contribution in [1.29, 1.82) is 0 Å². The fraction of sp³-hybridized carbons (Fsp3) is 0.711. The molecule has 13 heteroatoms. The number of amides is 3. The molecule has 0 radical (unpaired) electrons. The Morgan fingerprint density at radius 3 is 1.90 bits per heavy atom. The Balaban J connectivity index is 1.94. The monoisotopic (exact) mass is 719 g/mol. The summed E-state index contributed by atoms with van der Waals surface area (Å²) in [5.74, 6) is -2.29. The van der Waals surface area contributed by atoms with E-state index < -0.39 is 71.8 Å². The lowest BCUT2D eigenvalue weighted by atomic mass is 9.90. The molecule has 0 aromatic heterocycles. The summed E-state index contributed by atoms with van der Waals surface area (Å²) >= 11 is 0. The highest BCUT2D eigenvalue weighted by Gasteiger charge is 2.42. The van der Waals surface area contributed by atoms with Crippen molar-refractivity contribution in [1.82, 2.24) is 14.7 Å². The third kappa shape index (κ3) is 13.1. The molecule has 12 nitrogen and oxygen atoms in total. The van der Waals surface area contributed by atoms with Crippen LogP contribution in [-0.2, 0) is 44.5 Å². The van der Waals surface area contributed by atoms with Crippen molar-refractivity contribution in [3.8, 4) is 0 Å². The lowest BCUT2D eigenvalue weighted by molar-refractivity contribution is -0.170. The van der Waals surface area contributed by atoms with Crippen molar-refractivity contribution in [3.05, 3.63) is 35.4 Å². The zero-order valence-electron chi connectivity index (χ0n) is 32.0. The van der Waals surface area contributed by atoms with Crippen molar-refractivity contribution in [3.63, 3.8) is 0 Å². The van der Waals surface area contributed by atoms with Gasteiger partial charge in [-0.1, -0.05) is 37.1 Å². The largest absolute Gasteiger partial charge is 0.451 e. The molecule has 2 fully saturated rings. The van der Waals surface area contributed by atoms with Gasteiger partial charge in [0.25, 0.3) is 11.8 Å². The topological polar surface area (TPSA) is 132 Å². The summed E-state index contributed by atoms with van der Waals surface area (Å²) < 4.78 is 37.5. The van der Waals surface area contributed by atoms with Crippen LogP contribution >= 0.6 is 0 Å². The lowest BCUT2D eigenvalue weighted by Crippen LogP contribution is -2.52. The van der Waals surface area contributed by atoms with Gasteiger partial charge in [-0.3, -0.25) is 14.5 Å². The molecule has 1 aliphatic heterocycles. The van der Waals surface area contributed by atoms with E-state index in [-0.39, 0.29) is 12.3 Å². The van der Waals surface area contributed by atoms with Crippen LogP contribution < -0.4 is 0 Å². The molecule has 1 aromatic rings. The number of benzene rings is 1. The van der Waals surface area contributed by atoms with Crippen molar-refractivity contribution in [2.24, 2.45) is 5.92 Å². The smallest absolute Gasteiger partial charge is 0.410 e. The number of esters is 2. The molecule has 1 heterocycles. The Morgan fingerprint density at radius 2 is 1.39 bits per heavy atom. The number of hydrogen-bond acceptors (Lipinski definition) is 9. The SMILES string of the molecule is C[C@@H](OC(=O)[C@H](CC1CC1)N(C)C(=O)[C@@H](Cc1ccc(C2CCOCC2)cc1)OC(=O)[C@H](CC(C)(C)F)N(C)C(=O)OC(C)(C)C)C(=O)N(C)C. The van der Waals surface area contributed by atoms with Crippen molar-refractivity contribution in [2.75, 3.05) is 41.4 Å². The third-order valence-electron chi connectivity index (χ3n) is 9.15. The van der Waals surface area contributed by atoms with E-state index in [1.54, 1.807) is 34.9 Å². The second-order valence-electron chi connectivity index (χ2n) is 15.7. The highest BCUT2D eigenvalue weighted by atomic mass is 19.1. The van der Waals surface area contributed by atoms with E-state index in [4.69, 9.17) is 18.9 Å². The van der Waals surface area contributed by atoms with E-state index >= 15 is 4.39 Å². The Hall–Kier alpha value is -3.74. The average Bonchev–Trinajstić information content (AvgIpc) is 3.88. The minimum absolute atomic E-state index is 0.0500. The van der Waals surface area contributed by atoms with Gasteiger partial charge in [0, 0.05) is 54.2 Å². The first-order chi connectivity index (χ1) is 23.7. The van der Waals surface area contributed by atoms with Crippen LogP contribution in [0.4, 0.5) is 9.18 Å². The summed E-state index contributed by atoms with van der Waals surface area (Å²) in [5.41, 5.74) is -0.949. The summed E-state index contributed by atoms with van der Waals surface area (Å²) in [4.78, 5) is 70.8. The molecule has 3 amide bonds. The first-order valence-electron chi connectivity index (χ1n) is 17.9. The number of halogens is 1. The van der Waals surface area contributed by atoms with Crippen LogP contribution in [0.1, 0.15) is 97.1 Å². The Kier molecular flexibility index (Phi) is 14.4. The van der Waals surface area contributed by atoms with Crippen LogP contribution in [0.2, 0.25) is 0 Å². The maximum Gasteiger partial charge on any atom is 0.410 e. The average molecular weight is 720 g/mol. The van der Waals surface area contributed by atoms with Crippen molar-refractivity contribution >= 4 is 29.8 Å². The number of carbonyl (C=O) groups is 5. The number of hydrogen-bond donors (Lipinski definition) is 0. The highest BCUT2D eigenvalue weighted by Crippen LogP contribution is 2.35. The predicted molar refractivity (Wildman–Crippen MR) is 189 cm³/mol. The molecule has 1 saturated heterocycles. The molecule has 51 heavy (non-hydrogen) atoms. The second kappa shape index (κ2) is 17.7. The summed E-state index contributed by atoms with van der Waals surface area (Å²) in [6, 6.07) is 5.24. The molecule has 0 N–H and O–H groups in total. The van der Waals surface area contributed by atoms with Crippen LogP contribution in [-0.4, -0.2) is 122 Å². The molecule has 1 aromatic carbocycles. The molecule has 0 bridgehead atoms. The zero-order chi connectivity index (χ0) is 38.3. The minimum Gasteiger partial charge on any atom is -0.451 e. The number of carbonyl (C=O) groups excluding carboxylic acids is 5. The molecular formula is C38H58FN3O9. The number of nitrogens with zero attached hydrogens (tertiary/aromatic N) is 3. The quantitative estimate of drug-likeness (QED) is 0.180. The summed E-state index contributed by atoms with van der Waals surface area (Å²) in [6.07, 6.45) is 0.0302. The molecular weight excluding hydrogens is 661 g/mol. The summed E-state index contributed by atoms with van der Waals surface area (Å²) in [5, 5.41) is 0. The number of ether oxygens (including phenoxy) is 4. The predicted octanol–water partition coefficient (Wildman–Crippen LogP) is 5.06. The van der Waals surface area contributed by atoms with E-state index in [1.807, 2.05) is 24.3 Å². The first kappa shape index (κ1) is 41.7. The molecule has 286 valence electrons. The van der Waals surface area contributed by atoms with Gasteiger partial charge in [0.1, 0.15) is 23.4 Å². The van der Waals surface area contributed by atoms with Crippen LogP contribution in [0.3, 0.4) is 0 Å². The molecule has 0 unspecified atom stereocenters. The van der Waals surface area contributed by atoms with Gasteiger partial charge in [-0.05, 0) is 83.8 Å². The second-order valence-corrected chi connectivity index (χ2v) is 15.7. The molecule has 3 rings (SSSR count). The van der Waals surface area contributed by atoms with Crippen LogP contribution in [0, 0.1) is 5.92 Å². The van der Waals surface area contributed by atoms with Gasteiger partial charge >= 0.3 is 18.0 Å². The molecule has 0 spiro atoms. The number of alkyl halides is 1. The third-order valence-corrected chi connectivity index (χ3v) is 9.15. The van der Waals surface area contributed by atoms with Crippen LogP contribution in [0.25, 0.3) is 0 Å². The zero-order valence-corrected chi connectivity index (χ0v) is 32.0. The fourth-order valence-corrected chi connectivity index (χ4v) is 6.00. The normalized spacial score (nSPS) is 17.7. The van der Waals surface area contributed by atoms with E-state index in [1.165, 1.54) is 44.7 Å². The van der Waals surface area contributed by atoms with Gasteiger partial charge < -0.3 is 28.7 Å². The summed E-state index contributed by atoms with van der Waals surface area (Å²) in [7, 11) is 5.87. The van der Waals surface area contributed by atoms with Crippen molar-refractivity contribution in [2.45, 2.75) is 128 Å². The molecule has 2 aliphatic rings. The maximum atomic E-state index is 15.1. The molecule has 1 aliphatic carbocycles. The van der Waals surface area contributed by atoms with E-state index in [0.717, 1.165) is 36.1 Å². The number of rotatable bonds is 15. The Labute approximate surface area is 302 Å². The van der Waals surface area contributed by atoms with Gasteiger partial charge in [-0.15, -0.1) is 0 Å². The van der Waals surface area contributed by atoms with E-state index in [0.29, 0.717) is 31.1 Å². The molecule has 1 saturated carbocycles. The van der Waals surface area contributed by atoms with Crippen LogP contribution in [0.5, 0.6) is 0 Å². The fourth-order valence-electron chi connectivity index (χ4n) is 6.00. The number of likely N-dealkylation sites (N-methyl/N-ethyl adjacent to an activating group) is 3. The first-order valence-corrected chi connectivity index (χ1v) is 17.9. The van der Waals surface area contributed by atoms with Crippen LogP contribution in [0.15, 0.2) is 24.3 Å². The Bertz CT molecular complexity index is 1360. The van der Waals surface area contributed by atoms with E-state index in [2.05, 4.69) is 0 Å². The van der Waals surface area contributed by atoms with E-state index in [9.17, 15) is 24.0 Å². The van der Waals surface area contributed by atoms with Crippen molar-refractivity contribution < 1.29 is 47.3 Å². The molecule has 4 atom stereocenters. The van der Waals surface area contributed by atoms with Gasteiger partial charge in [0.2, 0.25) is 0 Å². The minimum atomic E-state index is -1.89. The van der Waals surface area contributed by atoms with Gasteiger partial charge in [0.05, 0.1) is 0 Å². The van der Waals surface area contributed by atoms with Gasteiger partial charge in [-0.25, -0.2) is 18.8 Å². The highest BCUT2D eigenvalue weighted by molar-refractivity contribution is 5.91. The van der Waals surface area contributed by atoms with Gasteiger partial charge in [0.15, 0.2) is 12.2 Å². The Morgan fingerprint density at radius 1 is 0.824 bits per heavy atom. The summed E-state index contributed by atoms with van der Waals surface area (Å²) in [6.45, 7) is 10.4. The maximum absolute atomic E-state index is 15.1. The lowest BCUT2D eigenvalue weighted by Gasteiger charge is -2.34. The van der Waals surface area contributed by atoms with Gasteiger partial charge in [-0.2, -0.15) is 0 Å².